The van der Waals surface area contributed by atoms with Gasteiger partial charge in [-0.05, 0) is 6.07 Å². The standard InChI is InChI=1S/C9H8N3S.HI/c10-9(11)13-8-5-12-7-4-2-1-3-6(7)8;/h1-5H,(H3,10,11);1H. The largest absolute Gasteiger partial charge is 0.378 e. The molecule has 2 rings (SSSR count). The highest BCUT2D eigenvalue weighted by Gasteiger charge is 2.15. The first-order valence-corrected chi connectivity index (χ1v) is 4.61. The molecule has 0 saturated carbocycles. The van der Waals surface area contributed by atoms with Crippen LogP contribution >= 0.6 is 35.7 Å². The highest BCUT2D eigenvalue weighted by atomic mass is 127. The highest BCUT2D eigenvalue weighted by molar-refractivity contribution is 14.0. The molecule has 0 aromatic heterocycles. The molecule has 5 heteroatoms. The number of amidine groups is 1. The van der Waals surface area contributed by atoms with E-state index in [0.717, 1.165) is 16.2 Å². The lowest BCUT2D eigenvalue weighted by molar-refractivity contribution is 1.22. The molecular formula is C9H9IN3S. The second-order valence-electron chi connectivity index (χ2n) is 2.61. The van der Waals surface area contributed by atoms with Gasteiger partial charge in [0.05, 0.1) is 5.69 Å². The average molecular weight is 318 g/mol. The molecule has 0 atom stereocenters. The topological polar surface area (TPSA) is 64.0 Å². The van der Waals surface area contributed by atoms with Gasteiger partial charge >= 0.3 is 0 Å². The van der Waals surface area contributed by atoms with Gasteiger partial charge in [0, 0.05) is 16.7 Å². The van der Waals surface area contributed by atoms with E-state index in [9.17, 15) is 0 Å². The molecule has 0 saturated heterocycles. The molecule has 1 aromatic carbocycles. The molecular weight excluding hydrogens is 309 g/mol. The lowest BCUT2D eigenvalue weighted by Crippen LogP contribution is -2.02. The van der Waals surface area contributed by atoms with Crippen molar-refractivity contribution >= 4 is 51.5 Å². The van der Waals surface area contributed by atoms with Crippen LogP contribution in [0, 0.1) is 5.41 Å². The second-order valence-corrected chi connectivity index (χ2v) is 3.69. The first-order chi connectivity index (χ1) is 6.27. The van der Waals surface area contributed by atoms with Crippen LogP contribution in [0.2, 0.25) is 0 Å². The van der Waals surface area contributed by atoms with Crippen LogP contribution in [0.4, 0.5) is 5.69 Å². The van der Waals surface area contributed by atoms with Crippen molar-refractivity contribution in [2.24, 2.45) is 5.73 Å². The molecule has 14 heavy (non-hydrogen) atoms. The predicted octanol–water partition coefficient (Wildman–Crippen LogP) is 2.48. The van der Waals surface area contributed by atoms with Gasteiger partial charge in [-0.1, -0.05) is 30.0 Å². The number of nitrogens with one attached hydrogen (secondary N) is 1. The minimum absolute atomic E-state index is 0. The van der Waals surface area contributed by atoms with Crippen molar-refractivity contribution in [3.63, 3.8) is 0 Å². The second kappa shape index (κ2) is 4.70. The molecule has 1 heterocycles. The average Bonchev–Trinajstić information content (AvgIpc) is 2.48. The first-order valence-electron chi connectivity index (χ1n) is 3.79. The lowest BCUT2D eigenvalue weighted by Gasteiger charge is -2.00. The molecule has 3 N–H and O–H groups in total. The van der Waals surface area contributed by atoms with Gasteiger partial charge in [-0.3, -0.25) is 10.7 Å². The number of rotatable bonds is 1. The van der Waals surface area contributed by atoms with E-state index in [0.29, 0.717) is 0 Å². The van der Waals surface area contributed by atoms with Crippen LogP contribution in [0.1, 0.15) is 5.56 Å². The van der Waals surface area contributed by atoms with E-state index < -0.39 is 0 Å². The van der Waals surface area contributed by atoms with Gasteiger partial charge in [0.2, 0.25) is 0 Å². The smallest absolute Gasteiger partial charge is 0.156 e. The van der Waals surface area contributed by atoms with Crippen LogP contribution in [-0.4, -0.2) is 5.17 Å². The molecule has 1 aliphatic heterocycles. The molecule has 0 aliphatic carbocycles. The molecule has 1 aromatic rings. The van der Waals surface area contributed by atoms with Gasteiger partial charge in [0.1, 0.15) is 0 Å². The van der Waals surface area contributed by atoms with E-state index in [-0.39, 0.29) is 29.1 Å². The number of thioether (sulfide) groups is 1. The fraction of sp³-hybridized carbons (Fsp3) is 0. The summed E-state index contributed by atoms with van der Waals surface area (Å²) >= 11 is 1.23. The van der Waals surface area contributed by atoms with Gasteiger partial charge in [-0.15, -0.1) is 24.0 Å². The molecule has 0 bridgehead atoms. The van der Waals surface area contributed by atoms with Gasteiger partial charge < -0.3 is 5.73 Å². The van der Waals surface area contributed by atoms with Crippen molar-refractivity contribution < 1.29 is 0 Å². The maximum absolute atomic E-state index is 7.16. The number of nitrogens with zero attached hydrogens (tertiary/aromatic N) is 1. The molecule has 0 amide bonds. The van der Waals surface area contributed by atoms with Crippen molar-refractivity contribution in [2.75, 3.05) is 0 Å². The number of benzene rings is 1. The van der Waals surface area contributed by atoms with Crippen LogP contribution in [0.3, 0.4) is 0 Å². The maximum atomic E-state index is 7.16. The third kappa shape index (κ3) is 2.21. The summed E-state index contributed by atoms with van der Waals surface area (Å²) in [4.78, 5) is 0.947. The zero-order chi connectivity index (χ0) is 9.26. The third-order valence-corrected chi connectivity index (χ3v) is 2.48. The van der Waals surface area contributed by atoms with Crippen LogP contribution in [0.5, 0.6) is 0 Å². The Balaban J connectivity index is 0.000000980. The Kier molecular flexibility index (Phi) is 3.82. The van der Waals surface area contributed by atoms with Gasteiger partial charge in [0.15, 0.2) is 5.17 Å². The summed E-state index contributed by atoms with van der Waals surface area (Å²) in [7, 11) is 0. The van der Waals surface area contributed by atoms with Crippen LogP contribution in [0.25, 0.3) is 4.91 Å². The van der Waals surface area contributed by atoms with Crippen molar-refractivity contribution in [3.05, 3.63) is 36.0 Å². The summed E-state index contributed by atoms with van der Waals surface area (Å²) < 4.78 is 0. The van der Waals surface area contributed by atoms with E-state index in [1.165, 1.54) is 11.8 Å². The monoisotopic (exact) mass is 318 g/mol. The van der Waals surface area contributed by atoms with E-state index in [2.05, 4.69) is 5.32 Å². The summed E-state index contributed by atoms with van der Waals surface area (Å²) in [5, 5.41) is 11.5. The maximum Gasteiger partial charge on any atom is 0.156 e. The SMILES string of the molecule is I.N=C(N)SC1=C[N]c2ccccc21. The Morgan fingerprint density at radius 1 is 1.36 bits per heavy atom. The highest BCUT2D eigenvalue weighted by Crippen LogP contribution is 2.36. The summed E-state index contributed by atoms with van der Waals surface area (Å²) in [5.41, 5.74) is 7.30. The minimum atomic E-state index is 0. The van der Waals surface area contributed by atoms with Gasteiger partial charge in [-0.2, -0.15) is 0 Å². The van der Waals surface area contributed by atoms with Crippen LogP contribution < -0.4 is 11.1 Å². The Hall–Kier alpha value is -0.690. The zero-order valence-corrected chi connectivity index (χ0v) is 10.4. The van der Waals surface area contributed by atoms with Gasteiger partial charge in [0.25, 0.3) is 0 Å². The van der Waals surface area contributed by atoms with E-state index in [4.69, 9.17) is 11.1 Å². The fourth-order valence-corrected chi connectivity index (χ4v) is 1.82. The number of para-hydroxylation sites is 1. The number of halogens is 1. The Morgan fingerprint density at radius 2 is 2.07 bits per heavy atom. The number of nitrogens with two attached hydrogens (primary N) is 1. The number of hydrogen-bond donors (Lipinski definition) is 2. The van der Waals surface area contributed by atoms with Crippen LogP contribution in [0.15, 0.2) is 30.5 Å². The fourth-order valence-electron chi connectivity index (χ4n) is 1.19. The normalized spacial score (nSPS) is 12.1. The van der Waals surface area contributed by atoms with Crippen molar-refractivity contribution in [3.8, 4) is 0 Å². The summed E-state index contributed by atoms with van der Waals surface area (Å²) in [6.45, 7) is 0. The number of fused-ring (bicyclic) bond motifs is 1. The predicted molar refractivity (Wildman–Crippen MR) is 71.1 cm³/mol. The van der Waals surface area contributed by atoms with Crippen molar-refractivity contribution in [1.82, 2.24) is 5.32 Å². The quantitative estimate of drug-likeness (QED) is 0.475. The van der Waals surface area contributed by atoms with Gasteiger partial charge in [-0.25, -0.2) is 0 Å². The van der Waals surface area contributed by atoms with Crippen LogP contribution in [-0.2, 0) is 0 Å². The third-order valence-electron chi connectivity index (χ3n) is 1.71. The summed E-state index contributed by atoms with van der Waals surface area (Å²) in [6.07, 6.45) is 1.75. The molecule has 1 radical (unpaired) electrons. The molecule has 0 spiro atoms. The van der Waals surface area contributed by atoms with Crippen molar-refractivity contribution in [1.29, 1.82) is 5.41 Å². The molecule has 0 unspecified atom stereocenters. The van der Waals surface area contributed by atoms with E-state index >= 15 is 0 Å². The van der Waals surface area contributed by atoms with E-state index in [1.807, 2.05) is 24.3 Å². The molecule has 0 fully saturated rings. The Bertz CT molecular complexity index is 389. The Morgan fingerprint density at radius 3 is 2.79 bits per heavy atom. The minimum Gasteiger partial charge on any atom is -0.378 e. The molecule has 3 nitrogen and oxygen atoms in total. The van der Waals surface area contributed by atoms with Crippen molar-refractivity contribution in [2.45, 2.75) is 0 Å². The van der Waals surface area contributed by atoms with E-state index in [1.54, 1.807) is 6.20 Å². The summed E-state index contributed by atoms with van der Waals surface area (Å²) in [5.74, 6) is 0. The summed E-state index contributed by atoms with van der Waals surface area (Å²) in [6, 6.07) is 7.82. The lowest BCUT2D eigenvalue weighted by atomic mass is 10.2. The zero-order valence-electron chi connectivity index (χ0n) is 7.23. The molecule has 1 aliphatic rings. The first kappa shape index (κ1) is 11.4. The molecule has 73 valence electrons. The number of hydrogen-bond acceptors (Lipinski definition) is 2. The Labute approximate surface area is 104 Å².